The van der Waals surface area contributed by atoms with Crippen molar-refractivity contribution in [2.75, 3.05) is 11.9 Å². The molecule has 1 N–H and O–H groups in total. The fourth-order valence-electron chi connectivity index (χ4n) is 1.79. The molecule has 21 heavy (non-hydrogen) atoms. The van der Waals surface area contributed by atoms with E-state index < -0.39 is 0 Å². The molecule has 0 bridgehead atoms. The van der Waals surface area contributed by atoms with Crippen LogP contribution in [-0.4, -0.2) is 26.8 Å². The van der Waals surface area contributed by atoms with Crippen LogP contribution in [0.2, 0.25) is 5.02 Å². The van der Waals surface area contributed by atoms with Gasteiger partial charge >= 0.3 is 0 Å². The first-order valence-electron chi connectivity index (χ1n) is 6.76. The van der Waals surface area contributed by atoms with E-state index in [0.29, 0.717) is 30.7 Å². The Balaban J connectivity index is 2.09. The second-order valence-corrected chi connectivity index (χ2v) is 4.86. The molecule has 0 amide bonds. The van der Waals surface area contributed by atoms with E-state index in [2.05, 4.69) is 34.3 Å². The first kappa shape index (κ1) is 15.3. The van der Waals surface area contributed by atoms with Gasteiger partial charge in [-0.1, -0.05) is 29.7 Å². The molecule has 0 spiro atoms. The Bertz CT molecular complexity index is 599. The summed E-state index contributed by atoms with van der Waals surface area (Å²) in [5.74, 6) is 1.40. The summed E-state index contributed by atoms with van der Waals surface area (Å²) in [5, 5.41) is 15.3. The highest BCUT2D eigenvalue weighted by Gasteiger charge is 2.08. The first-order chi connectivity index (χ1) is 10.2. The van der Waals surface area contributed by atoms with Gasteiger partial charge in [-0.05, 0) is 35.0 Å². The maximum atomic E-state index is 6.05. The number of benzene rings is 1. The Labute approximate surface area is 128 Å². The molecular weight excluding hydrogens is 290 g/mol. The summed E-state index contributed by atoms with van der Waals surface area (Å²) in [7, 11) is 0. The summed E-state index contributed by atoms with van der Waals surface area (Å²) >= 11 is 6.05. The summed E-state index contributed by atoms with van der Waals surface area (Å²) in [4.78, 5) is 0. The van der Waals surface area contributed by atoms with Crippen molar-refractivity contribution >= 4 is 17.5 Å². The lowest BCUT2D eigenvalue weighted by Crippen LogP contribution is -2.09. The lowest BCUT2D eigenvalue weighted by atomic mass is 10.2. The number of aromatic nitrogens is 4. The maximum Gasteiger partial charge on any atom is 0.243 e. The van der Waals surface area contributed by atoms with Gasteiger partial charge in [-0.3, -0.25) is 0 Å². The number of nitrogens with zero attached hydrogens (tertiary/aromatic N) is 4. The number of ether oxygens (including phenoxy) is 1. The Morgan fingerprint density at radius 1 is 1.48 bits per heavy atom. The smallest absolute Gasteiger partial charge is 0.243 e. The highest BCUT2D eigenvalue weighted by Crippen LogP contribution is 2.24. The van der Waals surface area contributed by atoms with Crippen LogP contribution in [0.5, 0.6) is 5.75 Å². The topological polar surface area (TPSA) is 64.9 Å². The standard InChI is InChI=1S/C14H18ClN5O/c1-3-7-20-14(17-18-19-20)16-10-11-9-12(15)5-6-13(11)21-8-4-2/h3,5-6,9H,1,4,7-8,10H2,2H3,(H,16,17,19). The van der Waals surface area contributed by atoms with Gasteiger partial charge in [-0.2, -0.15) is 0 Å². The Hall–Kier alpha value is -2.08. The molecule has 0 aliphatic rings. The molecule has 6 nitrogen and oxygen atoms in total. The highest BCUT2D eigenvalue weighted by atomic mass is 35.5. The summed E-state index contributed by atoms with van der Waals surface area (Å²) in [6, 6.07) is 5.57. The molecular formula is C14H18ClN5O. The number of halogens is 1. The summed E-state index contributed by atoms with van der Waals surface area (Å²) in [5.41, 5.74) is 0.962. The van der Waals surface area contributed by atoms with Gasteiger partial charge in [0, 0.05) is 17.1 Å². The number of tetrazole rings is 1. The minimum atomic E-state index is 0.525. The Kier molecular flexibility index (Phi) is 5.57. The predicted molar refractivity (Wildman–Crippen MR) is 82.6 cm³/mol. The molecule has 0 aliphatic carbocycles. The van der Waals surface area contributed by atoms with Crippen molar-refractivity contribution < 1.29 is 4.74 Å². The van der Waals surface area contributed by atoms with E-state index in [1.54, 1.807) is 10.8 Å². The van der Waals surface area contributed by atoms with Crippen LogP contribution in [0, 0.1) is 0 Å². The minimum absolute atomic E-state index is 0.525. The number of rotatable bonds is 8. The van der Waals surface area contributed by atoms with Crippen molar-refractivity contribution in [2.45, 2.75) is 26.4 Å². The van der Waals surface area contributed by atoms with Crippen molar-refractivity contribution in [3.05, 3.63) is 41.4 Å². The second-order valence-electron chi connectivity index (χ2n) is 4.43. The number of anilines is 1. The van der Waals surface area contributed by atoms with Crippen LogP contribution in [0.4, 0.5) is 5.95 Å². The molecule has 0 radical (unpaired) electrons. The SMILES string of the molecule is C=CCn1nnnc1NCc1cc(Cl)ccc1OCCC. The van der Waals surface area contributed by atoms with Gasteiger partial charge in [-0.25, -0.2) is 4.68 Å². The molecule has 2 aromatic rings. The quantitative estimate of drug-likeness (QED) is 0.760. The fourth-order valence-corrected chi connectivity index (χ4v) is 1.98. The molecule has 1 aromatic carbocycles. The lowest BCUT2D eigenvalue weighted by molar-refractivity contribution is 0.314. The van der Waals surface area contributed by atoms with Gasteiger partial charge in [-0.15, -0.1) is 6.58 Å². The molecule has 0 fully saturated rings. The number of nitrogens with one attached hydrogen (secondary N) is 1. The van der Waals surface area contributed by atoms with Crippen LogP contribution in [0.25, 0.3) is 0 Å². The normalized spacial score (nSPS) is 10.4. The van der Waals surface area contributed by atoms with E-state index in [1.165, 1.54) is 0 Å². The van der Waals surface area contributed by atoms with Crippen LogP contribution in [0.1, 0.15) is 18.9 Å². The maximum absolute atomic E-state index is 6.05. The van der Waals surface area contributed by atoms with Gasteiger partial charge in [0.05, 0.1) is 13.2 Å². The fraction of sp³-hybridized carbons (Fsp3) is 0.357. The molecule has 0 atom stereocenters. The largest absolute Gasteiger partial charge is 0.493 e. The number of allylic oxidation sites excluding steroid dienone is 1. The summed E-state index contributed by atoms with van der Waals surface area (Å²) < 4.78 is 7.34. The Morgan fingerprint density at radius 3 is 3.10 bits per heavy atom. The highest BCUT2D eigenvalue weighted by molar-refractivity contribution is 6.30. The van der Waals surface area contributed by atoms with E-state index in [4.69, 9.17) is 16.3 Å². The second kappa shape index (κ2) is 7.64. The van der Waals surface area contributed by atoms with E-state index >= 15 is 0 Å². The number of hydrogen-bond acceptors (Lipinski definition) is 5. The lowest BCUT2D eigenvalue weighted by Gasteiger charge is -2.12. The number of hydrogen-bond donors (Lipinski definition) is 1. The Morgan fingerprint density at radius 2 is 2.33 bits per heavy atom. The van der Waals surface area contributed by atoms with Crippen molar-refractivity contribution in [3.63, 3.8) is 0 Å². The molecule has 7 heteroatoms. The zero-order valence-electron chi connectivity index (χ0n) is 11.9. The van der Waals surface area contributed by atoms with Gasteiger partial charge in [0.25, 0.3) is 0 Å². The van der Waals surface area contributed by atoms with Crippen molar-refractivity contribution in [1.29, 1.82) is 0 Å². The zero-order chi connectivity index (χ0) is 15.1. The third-order valence-electron chi connectivity index (χ3n) is 2.76. The zero-order valence-corrected chi connectivity index (χ0v) is 12.7. The van der Waals surface area contributed by atoms with E-state index in [-0.39, 0.29) is 0 Å². The van der Waals surface area contributed by atoms with Crippen LogP contribution < -0.4 is 10.1 Å². The van der Waals surface area contributed by atoms with Gasteiger partial charge < -0.3 is 10.1 Å². The molecule has 1 heterocycles. The summed E-state index contributed by atoms with van der Waals surface area (Å²) in [6.45, 7) is 7.48. The van der Waals surface area contributed by atoms with Gasteiger partial charge in [0.2, 0.25) is 5.95 Å². The van der Waals surface area contributed by atoms with Gasteiger partial charge in [0.15, 0.2) is 0 Å². The van der Waals surface area contributed by atoms with Crippen molar-refractivity contribution in [3.8, 4) is 5.75 Å². The summed E-state index contributed by atoms with van der Waals surface area (Å²) in [6.07, 6.45) is 2.68. The molecule has 0 unspecified atom stereocenters. The van der Waals surface area contributed by atoms with Crippen LogP contribution in [0.3, 0.4) is 0 Å². The molecule has 2 rings (SSSR count). The third-order valence-corrected chi connectivity index (χ3v) is 2.99. The minimum Gasteiger partial charge on any atom is -0.493 e. The molecule has 0 aliphatic heterocycles. The van der Waals surface area contributed by atoms with Crippen LogP contribution in [0.15, 0.2) is 30.9 Å². The van der Waals surface area contributed by atoms with Crippen LogP contribution in [-0.2, 0) is 13.1 Å². The average molecular weight is 308 g/mol. The molecule has 0 saturated heterocycles. The van der Waals surface area contributed by atoms with E-state index in [0.717, 1.165) is 17.7 Å². The molecule has 112 valence electrons. The van der Waals surface area contributed by atoms with Crippen molar-refractivity contribution in [2.24, 2.45) is 0 Å². The average Bonchev–Trinajstić information content (AvgIpc) is 2.92. The predicted octanol–water partition coefficient (Wildman–Crippen LogP) is 2.91. The third kappa shape index (κ3) is 4.19. The van der Waals surface area contributed by atoms with Crippen LogP contribution >= 0.6 is 11.6 Å². The molecule has 0 saturated carbocycles. The van der Waals surface area contributed by atoms with E-state index in [1.807, 2.05) is 18.2 Å². The van der Waals surface area contributed by atoms with Gasteiger partial charge in [0.1, 0.15) is 5.75 Å². The monoisotopic (exact) mass is 307 g/mol. The van der Waals surface area contributed by atoms with E-state index in [9.17, 15) is 0 Å². The molecule has 1 aromatic heterocycles. The van der Waals surface area contributed by atoms with Crippen molar-refractivity contribution in [1.82, 2.24) is 20.2 Å². The first-order valence-corrected chi connectivity index (χ1v) is 7.14.